The largest absolute Gasteiger partial charge is 0.372 e. The van der Waals surface area contributed by atoms with E-state index in [0.29, 0.717) is 12.2 Å². The van der Waals surface area contributed by atoms with Crippen LogP contribution in [0.25, 0.3) is 0 Å². The van der Waals surface area contributed by atoms with Crippen molar-refractivity contribution in [3.05, 3.63) is 105 Å². The zero-order chi connectivity index (χ0) is 22.5. The third-order valence-electron chi connectivity index (χ3n) is 4.93. The number of nitro benzene ring substituents is 1. The van der Waals surface area contributed by atoms with Gasteiger partial charge in [-0.3, -0.25) is 19.7 Å². The Morgan fingerprint density at radius 2 is 1.48 bits per heavy atom. The highest BCUT2D eigenvalue weighted by atomic mass is 16.6. The van der Waals surface area contributed by atoms with Gasteiger partial charge in [-0.05, 0) is 23.8 Å². The van der Waals surface area contributed by atoms with Crippen molar-refractivity contribution in [2.45, 2.75) is 6.54 Å². The SMILES string of the molecule is CN(Cc1ccccc1)C(=O)c1ccccc1C(=O)c1ccc(N(C)C)c([N+](=O)[O-])c1. The van der Waals surface area contributed by atoms with Crippen LogP contribution in [-0.2, 0) is 6.54 Å². The Bertz CT molecular complexity index is 1130. The fourth-order valence-corrected chi connectivity index (χ4v) is 3.35. The van der Waals surface area contributed by atoms with Crippen LogP contribution in [0.1, 0.15) is 31.8 Å². The first kappa shape index (κ1) is 21.7. The molecule has 158 valence electrons. The topological polar surface area (TPSA) is 83.8 Å². The molecule has 0 radical (unpaired) electrons. The van der Waals surface area contributed by atoms with Gasteiger partial charge >= 0.3 is 0 Å². The molecule has 31 heavy (non-hydrogen) atoms. The Morgan fingerprint density at radius 1 is 0.871 bits per heavy atom. The van der Waals surface area contributed by atoms with Crippen LogP contribution in [0.5, 0.6) is 0 Å². The highest BCUT2D eigenvalue weighted by Gasteiger charge is 2.24. The molecule has 3 aromatic carbocycles. The Kier molecular flexibility index (Phi) is 6.45. The zero-order valence-corrected chi connectivity index (χ0v) is 17.6. The van der Waals surface area contributed by atoms with E-state index in [4.69, 9.17) is 0 Å². The lowest BCUT2D eigenvalue weighted by Gasteiger charge is -2.19. The zero-order valence-electron chi connectivity index (χ0n) is 17.6. The number of carbonyl (C=O) groups excluding carboxylic acids is 2. The van der Waals surface area contributed by atoms with Gasteiger partial charge in [0.15, 0.2) is 5.78 Å². The van der Waals surface area contributed by atoms with Crippen molar-refractivity contribution < 1.29 is 14.5 Å². The van der Waals surface area contributed by atoms with Crippen molar-refractivity contribution in [3.8, 4) is 0 Å². The lowest BCUT2D eigenvalue weighted by Crippen LogP contribution is -2.28. The molecule has 0 bridgehead atoms. The summed E-state index contributed by atoms with van der Waals surface area (Å²) in [4.78, 5) is 40.4. The van der Waals surface area contributed by atoms with Gasteiger partial charge in [-0.1, -0.05) is 48.5 Å². The molecule has 7 nitrogen and oxygen atoms in total. The normalized spacial score (nSPS) is 10.4. The molecule has 0 N–H and O–H groups in total. The predicted octanol–water partition coefficient (Wildman–Crippen LogP) is 4.16. The summed E-state index contributed by atoms with van der Waals surface area (Å²) in [7, 11) is 5.06. The van der Waals surface area contributed by atoms with Crippen LogP contribution in [-0.4, -0.2) is 42.7 Å². The van der Waals surface area contributed by atoms with E-state index in [0.717, 1.165) is 5.56 Å². The van der Waals surface area contributed by atoms with Gasteiger partial charge in [-0.25, -0.2) is 0 Å². The number of nitrogens with zero attached hydrogens (tertiary/aromatic N) is 3. The summed E-state index contributed by atoms with van der Waals surface area (Å²) >= 11 is 0. The van der Waals surface area contributed by atoms with Crippen molar-refractivity contribution in [2.24, 2.45) is 0 Å². The van der Waals surface area contributed by atoms with Crippen LogP contribution in [0.15, 0.2) is 72.8 Å². The van der Waals surface area contributed by atoms with Gasteiger partial charge in [0.05, 0.1) is 10.5 Å². The number of rotatable bonds is 7. The fraction of sp³-hybridized carbons (Fsp3) is 0.167. The Balaban J connectivity index is 1.94. The fourth-order valence-electron chi connectivity index (χ4n) is 3.35. The number of amides is 1. The average molecular weight is 417 g/mol. The van der Waals surface area contributed by atoms with E-state index in [9.17, 15) is 19.7 Å². The summed E-state index contributed by atoms with van der Waals surface area (Å²) in [5.74, 6) is -0.738. The second-order valence-corrected chi connectivity index (χ2v) is 7.38. The Labute approximate surface area is 180 Å². The number of hydrogen-bond donors (Lipinski definition) is 0. The van der Waals surface area contributed by atoms with Crippen molar-refractivity contribution in [1.82, 2.24) is 4.90 Å². The maximum atomic E-state index is 13.2. The molecule has 0 saturated carbocycles. The van der Waals surface area contributed by atoms with Gasteiger partial charge in [-0.2, -0.15) is 0 Å². The molecule has 0 unspecified atom stereocenters. The second kappa shape index (κ2) is 9.21. The number of nitro groups is 1. The molecule has 0 saturated heterocycles. The molecule has 0 atom stereocenters. The number of anilines is 1. The van der Waals surface area contributed by atoms with Crippen molar-refractivity contribution in [2.75, 3.05) is 26.0 Å². The first-order valence-corrected chi connectivity index (χ1v) is 9.68. The summed E-state index contributed by atoms with van der Waals surface area (Å²) in [6.07, 6.45) is 0. The van der Waals surface area contributed by atoms with Crippen LogP contribution in [0.2, 0.25) is 0 Å². The van der Waals surface area contributed by atoms with Crippen molar-refractivity contribution in [1.29, 1.82) is 0 Å². The van der Waals surface area contributed by atoms with Gasteiger partial charge in [0, 0.05) is 44.9 Å². The van der Waals surface area contributed by atoms with Crippen molar-refractivity contribution in [3.63, 3.8) is 0 Å². The molecule has 3 rings (SSSR count). The maximum Gasteiger partial charge on any atom is 0.293 e. The molecule has 0 fully saturated rings. The van der Waals surface area contributed by atoms with Crippen LogP contribution in [0, 0.1) is 10.1 Å². The highest BCUT2D eigenvalue weighted by Crippen LogP contribution is 2.29. The first-order chi connectivity index (χ1) is 14.8. The van der Waals surface area contributed by atoms with Crippen LogP contribution in [0.4, 0.5) is 11.4 Å². The van der Waals surface area contributed by atoms with E-state index in [2.05, 4.69) is 0 Å². The van der Waals surface area contributed by atoms with Gasteiger partial charge in [0.2, 0.25) is 0 Å². The summed E-state index contributed by atoms with van der Waals surface area (Å²) in [6, 6.07) is 20.4. The van der Waals surface area contributed by atoms with Gasteiger partial charge in [0.1, 0.15) is 5.69 Å². The van der Waals surface area contributed by atoms with E-state index in [1.165, 1.54) is 12.1 Å². The third kappa shape index (κ3) is 4.78. The molecule has 1 amide bonds. The molecule has 0 aromatic heterocycles. The highest BCUT2D eigenvalue weighted by molar-refractivity contribution is 6.15. The molecule has 0 aliphatic carbocycles. The monoisotopic (exact) mass is 417 g/mol. The Hall–Kier alpha value is -4.00. The smallest absolute Gasteiger partial charge is 0.293 e. The van der Waals surface area contributed by atoms with E-state index >= 15 is 0 Å². The van der Waals surface area contributed by atoms with Crippen LogP contribution in [0.3, 0.4) is 0 Å². The summed E-state index contributed by atoms with van der Waals surface area (Å²) < 4.78 is 0. The quantitative estimate of drug-likeness (QED) is 0.327. The van der Waals surface area contributed by atoms with E-state index in [1.54, 1.807) is 61.3 Å². The number of carbonyl (C=O) groups is 2. The van der Waals surface area contributed by atoms with E-state index < -0.39 is 10.7 Å². The molecule has 0 spiro atoms. The number of ketones is 1. The summed E-state index contributed by atoms with van der Waals surface area (Å²) in [6.45, 7) is 0.394. The van der Waals surface area contributed by atoms with Crippen molar-refractivity contribution >= 4 is 23.1 Å². The third-order valence-corrected chi connectivity index (χ3v) is 4.93. The predicted molar refractivity (Wildman–Crippen MR) is 120 cm³/mol. The van der Waals surface area contributed by atoms with Gasteiger partial charge in [0.25, 0.3) is 11.6 Å². The standard InChI is InChI=1S/C24H23N3O4/c1-25(2)21-14-13-18(15-22(21)27(30)31)23(28)19-11-7-8-12-20(19)24(29)26(3)16-17-9-5-4-6-10-17/h4-15H,16H2,1-3H3. The number of hydrogen-bond acceptors (Lipinski definition) is 5. The second-order valence-electron chi connectivity index (χ2n) is 7.38. The van der Waals surface area contributed by atoms with Crippen LogP contribution < -0.4 is 4.90 Å². The number of benzene rings is 3. The minimum absolute atomic E-state index is 0.156. The maximum absolute atomic E-state index is 13.2. The van der Waals surface area contributed by atoms with Gasteiger partial charge in [-0.15, -0.1) is 0 Å². The Morgan fingerprint density at radius 3 is 2.10 bits per heavy atom. The lowest BCUT2D eigenvalue weighted by molar-refractivity contribution is -0.384. The summed E-state index contributed by atoms with van der Waals surface area (Å²) in [5, 5.41) is 11.5. The molecular weight excluding hydrogens is 394 g/mol. The average Bonchev–Trinajstić information content (AvgIpc) is 2.78. The molecule has 3 aromatic rings. The molecular formula is C24H23N3O4. The van der Waals surface area contributed by atoms with E-state index in [-0.39, 0.29) is 28.3 Å². The minimum atomic E-state index is -0.517. The molecule has 0 heterocycles. The van der Waals surface area contributed by atoms with Crippen LogP contribution >= 0.6 is 0 Å². The van der Waals surface area contributed by atoms with Gasteiger partial charge < -0.3 is 9.80 Å². The molecule has 7 heteroatoms. The first-order valence-electron chi connectivity index (χ1n) is 9.68. The minimum Gasteiger partial charge on any atom is -0.372 e. The van der Waals surface area contributed by atoms with E-state index in [1.807, 2.05) is 30.3 Å². The summed E-state index contributed by atoms with van der Waals surface area (Å²) in [5.41, 5.74) is 1.82. The molecule has 0 aliphatic rings. The molecule has 0 aliphatic heterocycles. The lowest BCUT2D eigenvalue weighted by atomic mass is 9.96.